The summed E-state index contributed by atoms with van der Waals surface area (Å²) in [6.45, 7) is 3.68. The minimum Gasteiger partial charge on any atom is -0.463 e. The van der Waals surface area contributed by atoms with Crippen LogP contribution < -0.4 is 10.1 Å². The molecule has 6 heteroatoms. The van der Waals surface area contributed by atoms with Crippen molar-refractivity contribution >= 4 is 24.0 Å². The Balaban J connectivity index is 0.00000180. The smallest absolute Gasteiger partial charge is 0.317 e. The molecule has 1 aliphatic heterocycles. The van der Waals surface area contributed by atoms with Gasteiger partial charge in [0.25, 0.3) is 0 Å². The Morgan fingerprint density at radius 1 is 1.47 bits per heavy atom. The Hall–Kier alpha value is -0.580. The lowest BCUT2D eigenvalue weighted by Crippen LogP contribution is -2.34. The third-order valence-corrected chi connectivity index (χ3v) is 3.61. The lowest BCUT2D eigenvalue weighted by atomic mass is 10.0. The SMILES string of the molecule is Cc1cnc(OCCCC2CCCCN2)nc1Cl.Cl. The predicted octanol–water partition coefficient (Wildman–Crippen LogP) is 3.16. The molecule has 108 valence electrons. The normalized spacial score (nSPS) is 18.7. The number of nitrogens with one attached hydrogen (secondary N) is 1. The van der Waals surface area contributed by atoms with Crippen LogP contribution in [-0.2, 0) is 0 Å². The van der Waals surface area contributed by atoms with Gasteiger partial charge in [0, 0.05) is 17.8 Å². The molecule has 0 amide bonds. The van der Waals surface area contributed by atoms with Crippen LogP contribution in [0, 0.1) is 6.92 Å². The first kappa shape index (κ1) is 16.5. The molecule has 2 heterocycles. The van der Waals surface area contributed by atoms with Crippen molar-refractivity contribution in [2.24, 2.45) is 0 Å². The van der Waals surface area contributed by atoms with Crippen LogP contribution in [-0.4, -0.2) is 29.2 Å². The maximum atomic E-state index is 5.91. The number of hydrogen-bond acceptors (Lipinski definition) is 4. The van der Waals surface area contributed by atoms with E-state index in [9.17, 15) is 0 Å². The summed E-state index contributed by atoms with van der Waals surface area (Å²) in [5.41, 5.74) is 0.871. The van der Waals surface area contributed by atoms with E-state index in [0.717, 1.165) is 24.9 Å². The highest BCUT2D eigenvalue weighted by atomic mass is 35.5. The number of hydrogen-bond donors (Lipinski definition) is 1. The van der Waals surface area contributed by atoms with Gasteiger partial charge >= 0.3 is 6.01 Å². The molecule has 1 saturated heterocycles. The quantitative estimate of drug-likeness (QED) is 0.670. The summed E-state index contributed by atoms with van der Waals surface area (Å²) in [6, 6.07) is 1.03. The third kappa shape index (κ3) is 5.51. The zero-order chi connectivity index (χ0) is 12.8. The summed E-state index contributed by atoms with van der Waals surface area (Å²) in [5.74, 6) is 0. The van der Waals surface area contributed by atoms with Crippen molar-refractivity contribution in [3.8, 4) is 6.01 Å². The number of nitrogens with zero attached hydrogens (tertiary/aromatic N) is 2. The fraction of sp³-hybridized carbons (Fsp3) is 0.692. The summed E-state index contributed by atoms with van der Waals surface area (Å²) < 4.78 is 5.50. The van der Waals surface area contributed by atoms with Crippen molar-refractivity contribution in [1.29, 1.82) is 0 Å². The Bertz CT molecular complexity index is 384. The largest absolute Gasteiger partial charge is 0.463 e. The highest BCUT2D eigenvalue weighted by Gasteiger charge is 2.11. The first-order valence-corrected chi connectivity index (χ1v) is 6.99. The molecule has 1 aromatic heterocycles. The lowest BCUT2D eigenvalue weighted by Gasteiger charge is -2.23. The summed E-state index contributed by atoms with van der Waals surface area (Å²) in [4.78, 5) is 8.16. The van der Waals surface area contributed by atoms with Crippen LogP contribution in [0.15, 0.2) is 6.20 Å². The van der Waals surface area contributed by atoms with Gasteiger partial charge in [-0.3, -0.25) is 0 Å². The van der Waals surface area contributed by atoms with Gasteiger partial charge in [0.05, 0.1) is 6.61 Å². The molecule has 0 aliphatic carbocycles. The summed E-state index contributed by atoms with van der Waals surface area (Å²) in [6.07, 6.45) is 7.80. The molecule has 1 unspecified atom stereocenters. The third-order valence-electron chi connectivity index (χ3n) is 3.23. The molecule has 1 fully saturated rings. The zero-order valence-electron chi connectivity index (χ0n) is 11.2. The van der Waals surface area contributed by atoms with E-state index in [1.165, 1.54) is 19.3 Å². The van der Waals surface area contributed by atoms with E-state index in [-0.39, 0.29) is 12.4 Å². The van der Waals surface area contributed by atoms with E-state index in [4.69, 9.17) is 16.3 Å². The van der Waals surface area contributed by atoms with Crippen LogP contribution in [0.3, 0.4) is 0 Å². The van der Waals surface area contributed by atoms with Crippen LogP contribution in [0.1, 0.15) is 37.7 Å². The highest BCUT2D eigenvalue weighted by molar-refractivity contribution is 6.30. The number of aromatic nitrogens is 2. The molecule has 19 heavy (non-hydrogen) atoms. The molecule has 1 aromatic rings. The molecular weight excluding hydrogens is 285 g/mol. The van der Waals surface area contributed by atoms with E-state index in [1.54, 1.807) is 6.20 Å². The maximum absolute atomic E-state index is 5.91. The number of piperidine rings is 1. The maximum Gasteiger partial charge on any atom is 0.317 e. The first-order valence-electron chi connectivity index (χ1n) is 6.61. The van der Waals surface area contributed by atoms with Crippen LogP contribution in [0.2, 0.25) is 5.15 Å². The molecule has 0 aromatic carbocycles. The van der Waals surface area contributed by atoms with Gasteiger partial charge in [-0.15, -0.1) is 12.4 Å². The first-order chi connectivity index (χ1) is 8.75. The summed E-state index contributed by atoms with van der Waals surface area (Å²) in [5, 5.41) is 3.99. The molecule has 2 rings (SSSR count). The fourth-order valence-corrected chi connectivity index (χ4v) is 2.26. The minimum absolute atomic E-state index is 0. The molecular formula is C13H21Cl2N3O. The molecule has 1 aliphatic rings. The van der Waals surface area contributed by atoms with Gasteiger partial charge in [0.1, 0.15) is 5.15 Å². The average Bonchev–Trinajstić information content (AvgIpc) is 2.40. The van der Waals surface area contributed by atoms with Crippen molar-refractivity contribution in [3.63, 3.8) is 0 Å². The van der Waals surface area contributed by atoms with E-state index in [2.05, 4.69) is 15.3 Å². The average molecular weight is 306 g/mol. The van der Waals surface area contributed by atoms with Crippen LogP contribution in [0.4, 0.5) is 0 Å². The number of aryl methyl sites for hydroxylation is 1. The van der Waals surface area contributed by atoms with Gasteiger partial charge in [-0.05, 0) is 39.2 Å². The molecule has 1 N–H and O–H groups in total. The number of halogens is 2. The van der Waals surface area contributed by atoms with E-state index in [1.807, 2.05) is 6.92 Å². The number of ether oxygens (including phenoxy) is 1. The van der Waals surface area contributed by atoms with E-state index >= 15 is 0 Å². The van der Waals surface area contributed by atoms with Gasteiger partial charge in [-0.25, -0.2) is 4.98 Å². The molecule has 0 bridgehead atoms. The van der Waals surface area contributed by atoms with Gasteiger partial charge in [-0.2, -0.15) is 4.98 Å². The Morgan fingerprint density at radius 3 is 3.00 bits per heavy atom. The zero-order valence-corrected chi connectivity index (χ0v) is 12.8. The fourth-order valence-electron chi connectivity index (χ4n) is 2.14. The minimum atomic E-state index is 0. The second kappa shape index (κ2) is 8.56. The topological polar surface area (TPSA) is 47.0 Å². The van der Waals surface area contributed by atoms with Gasteiger partial charge in [-0.1, -0.05) is 18.0 Å². The van der Waals surface area contributed by atoms with Crippen molar-refractivity contribution in [2.45, 2.75) is 45.1 Å². The highest BCUT2D eigenvalue weighted by Crippen LogP contribution is 2.15. The number of rotatable bonds is 5. The van der Waals surface area contributed by atoms with Crippen LogP contribution in [0.25, 0.3) is 0 Å². The van der Waals surface area contributed by atoms with E-state index < -0.39 is 0 Å². The molecule has 4 nitrogen and oxygen atoms in total. The Kier molecular flexibility index (Phi) is 7.42. The van der Waals surface area contributed by atoms with E-state index in [0.29, 0.717) is 23.8 Å². The lowest BCUT2D eigenvalue weighted by molar-refractivity contribution is 0.267. The van der Waals surface area contributed by atoms with Crippen molar-refractivity contribution in [2.75, 3.05) is 13.2 Å². The van der Waals surface area contributed by atoms with Crippen molar-refractivity contribution < 1.29 is 4.74 Å². The summed E-state index contributed by atoms with van der Waals surface area (Å²) >= 11 is 5.91. The Labute approximate surface area is 125 Å². The standard InChI is InChI=1S/C13H20ClN3O.ClH/c1-10-9-16-13(17-12(10)14)18-8-4-6-11-5-2-3-7-15-11;/h9,11,15H,2-8H2,1H3;1H. The van der Waals surface area contributed by atoms with Crippen LogP contribution in [0.5, 0.6) is 6.01 Å². The summed E-state index contributed by atoms with van der Waals surface area (Å²) in [7, 11) is 0. The molecule has 1 atom stereocenters. The predicted molar refractivity (Wildman–Crippen MR) is 79.4 cm³/mol. The van der Waals surface area contributed by atoms with Gasteiger partial charge in [0.15, 0.2) is 0 Å². The molecule has 0 saturated carbocycles. The Morgan fingerprint density at radius 2 is 2.32 bits per heavy atom. The van der Waals surface area contributed by atoms with Gasteiger partial charge < -0.3 is 10.1 Å². The van der Waals surface area contributed by atoms with Crippen LogP contribution >= 0.6 is 24.0 Å². The van der Waals surface area contributed by atoms with Crippen molar-refractivity contribution in [1.82, 2.24) is 15.3 Å². The second-order valence-corrected chi connectivity index (χ2v) is 5.12. The second-order valence-electron chi connectivity index (χ2n) is 4.76. The molecule has 0 spiro atoms. The van der Waals surface area contributed by atoms with Crippen molar-refractivity contribution in [3.05, 3.63) is 16.9 Å². The monoisotopic (exact) mass is 305 g/mol. The molecule has 0 radical (unpaired) electrons. The van der Waals surface area contributed by atoms with Gasteiger partial charge in [0.2, 0.25) is 0 Å².